The zero-order valence-corrected chi connectivity index (χ0v) is 15.2. The maximum absolute atomic E-state index is 11.6. The van der Waals surface area contributed by atoms with Gasteiger partial charge in [0.15, 0.2) is 0 Å². The first-order chi connectivity index (χ1) is 11.4. The number of ether oxygens (including phenoxy) is 3. The number of aliphatic hydroxyl groups excluding tert-OH is 1. The van der Waals surface area contributed by atoms with Crippen LogP contribution in [0.4, 0.5) is 0 Å². The van der Waals surface area contributed by atoms with E-state index in [9.17, 15) is 10.3 Å². The van der Waals surface area contributed by atoms with Crippen LogP contribution in [0.1, 0.15) is 33.3 Å². The molecule has 0 bridgehead atoms. The SMILES string of the molecule is CC(C)OCCOCc1ccc(OCC(O)C[NH+]([O-])C(C)C)cc1. The molecular weight excluding hydrogens is 310 g/mol. The van der Waals surface area contributed by atoms with Crippen molar-refractivity contribution in [3.05, 3.63) is 35.0 Å². The molecule has 0 fully saturated rings. The van der Waals surface area contributed by atoms with Gasteiger partial charge in [0.2, 0.25) is 0 Å². The number of hydrogen-bond acceptors (Lipinski definition) is 5. The quantitative estimate of drug-likeness (QED) is 0.441. The minimum Gasteiger partial charge on any atom is -0.634 e. The predicted octanol–water partition coefficient (Wildman–Crippen LogP) is 1.16. The summed E-state index contributed by atoms with van der Waals surface area (Å²) in [5.41, 5.74) is 1.04. The summed E-state index contributed by atoms with van der Waals surface area (Å²) in [4.78, 5) is 0. The summed E-state index contributed by atoms with van der Waals surface area (Å²) < 4.78 is 16.4. The number of quaternary nitrogens is 1. The van der Waals surface area contributed by atoms with E-state index in [1.54, 1.807) is 0 Å². The average molecular weight is 341 g/mol. The third kappa shape index (κ3) is 9.20. The van der Waals surface area contributed by atoms with Crippen LogP contribution in [0.5, 0.6) is 5.75 Å². The second kappa shape index (κ2) is 11.4. The van der Waals surface area contributed by atoms with Crippen molar-refractivity contribution < 1.29 is 24.4 Å². The topological polar surface area (TPSA) is 75.4 Å². The first-order valence-corrected chi connectivity index (χ1v) is 8.50. The van der Waals surface area contributed by atoms with Crippen LogP contribution < -0.4 is 9.80 Å². The molecule has 1 aromatic rings. The lowest BCUT2D eigenvalue weighted by Crippen LogP contribution is -3.11. The molecule has 0 spiro atoms. The normalized spacial score (nSPS) is 14.2. The summed E-state index contributed by atoms with van der Waals surface area (Å²) in [6.45, 7) is 9.55. The highest BCUT2D eigenvalue weighted by atomic mass is 16.5. The summed E-state index contributed by atoms with van der Waals surface area (Å²) in [6, 6.07) is 7.44. The van der Waals surface area contributed by atoms with E-state index < -0.39 is 6.10 Å². The monoisotopic (exact) mass is 341 g/mol. The Labute approximate surface area is 144 Å². The lowest BCUT2D eigenvalue weighted by Gasteiger charge is -2.28. The van der Waals surface area contributed by atoms with Gasteiger partial charge in [-0.3, -0.25) is 0 Å². The zero-order chi connectivity index (χ0) is 17.9. The van der Waals surface area contributed by atoms with E-state index in [0.29, 0.717) is 25.6 Å². The van der Waals surface area contributed by atoms with Crippen LogP contribution >= 0.6 is 0 Å². The summed E-state index contributed by atoms with van der Waals surface area (Å²) >= 11 is 0. The molecule has 0 aliphatic carbocycles. The third-order valence-corrected chi connectivity index (χ3v) is 3.39. The minimum absolute atomic E-state index is 0.0417. The van der Waals surface area contributed by atoms with Gasteiger partial charge in [0, 0.05) is 0 Å². The molecule has 2 atom stereocenters. The summed E-state index contributed by atoms with van der Waals surface area (Å²) in [6.07, 6.45) is -0.555. The zero-order valence-electron chi connectivity index (χ0n) is 15.2. The molecule has 0 aliphatic heterocycles. The first kappa shape index (κ1) is 20.9. The molecule has 24 heavy (non-hydrogen) atoms. The molecule has 1 rings (SSSR count). The van der Waals surface area contributed by atoms with Gasteiger partial charge in [-0.15, -0.1) is 0 Å². The van der Waals surface area contributed by atoms with E-state index in [1.165, 1.54) is 0 Å². The van der Waals surface area contributed by atoms with Gasteiger partial charge < -0.3 is 29.6 Å². The van der Waals surface area contributed by atoms with Crippen molar-refractivity contribution in [1.82, 2.24) is 0 Å². The number of nitrogens with one attached hydrogen (secondary N) is 1. The van der Waals surface area contributed by atoms with Gasteiger partial charge in [-0.2, -0.15) is 0 Å². The fourth-order valence-electron chi connectivity index (χ4n) is 1.93. The lowest BCUT2D eigenvalue weighted by atomic mass is 10.2. The Morgan fingerprint density at radius 2 is 1.75 bits per heavy atom. The minimum atomic E-state index is -0.774. The van der Waals surface area contributed by atoms with Gasteiger partial charge >= 0.3 is 0 Å². The van der Waals surface area contributed by atoms with Crippen molar-refractivity contribution in [3.8, 4) is 5.75 Å². The van der Waals surface area contributed by atoms with Gasteiger partial charge in [0.25, 0.3) is 0 Å². The Bertz CT molecular complexity index is 436. The van der Waals surface area contributed by atoms with Gasteiger partial charge in [0.05, 0.1) is 32.0 Å². The van der Waals surface area contributed by atoms with Crippen molar-refractivity contribution in [2.24, 2.45) is 0 Å². The van der Waals surface area contributed by atoms with Crippen LogP contribution in [0.15, 0.2) is 24.3 Å². The molecule has 0 saturated carbocycles. The van der Waals surface area contributed by atoms with Crippen LogP contribution in [0.3, 0.4) is 0 Å². The molecule has 6 nitrogen and oxygen atoms in total. The predicted molar refractivity (Wildman–Crippen MR) is 93.0 cm³/mol. The fraction of sp³-hybridized carbons (Fsp3) is 0.667. The van der Waals surface area contributed by atoms with Crippen LogP contribution in [0.25, 0.3) is 0 Å². The van der Waals surface area contributed by atoms with E-state index >= 15 is 0 Å². The van der Waals surface area contributed by atoms with Crippen LogP contribution in [0.2, 0.25) is 0 Å². The van der Waals surface area contributed by atoms with Crippen molar-refractivity contribution in [2.45, 2.75) is 52.6 Å². The molecule has 0 saturated heterocycles. The van der Waals surface area contributed by atoms with Gasteiger partial charge in [0.1, 0.15) is 25.0 Å². The Balaban J connectivity index is 2.24. The van der Waals surface area contributed by atoms with Gasteiger partial charge in [-0.25, -0.2) is 0 Å². The summed E-state index contributed by atoms with van der Waals surface area (Å²) in [5.74, 6) is 0.665. The van der Waals surface area contributed by atoms with Crippen molar-refractivity contribution in [3.63, 3.8) is 0 Å². The lowest BCUT2D eigenvalue weighted by molar-refractivity contribution is -0.874. The Kier molecular flexibility index (Phi) is 9.90. The molecule has 0 heterocycles. The standard InChI is InChI=1S/C18H31NO5/c1-14(2)19(21)11-17(20)13-24-18-7-5-16(6-8-18)12-22-9-10-23-15(3)4/h5-8,14-15,17,19-20H,9-13H2,1-4H3. The van der Waals surface area contributed by atoms with E-state index in [1.807, 2.05) is 52.0 Å². The van der Waals surface area contributed by atoms with E-state index in [2.05, 4.69) is 0 Å². The first-order valence-electron chi connectivity index (χ1n) is 8.50. The van der Waals surface area contributed by atoms with Crippen molar-refractivity contribution in [2.75, 3.05) is 26.4 Å². The fourth-order valence-corrected chi connectivity index (χ4v) is 1.93. The summed E-state index contributed by atoms with van der Waals surface area (Å²) in [5, 5.41) is 21.4. The van der Waals surface area contributed by atoms with Crippen LogP contribution in [-0.2, 0) is 16.1 Å². The maximum atomic E-state index is 11.6. The number of hydroxylamine groups is 2. The van der Waals surface area contributed by atoms with Crippen molar-refractivity contribution in [1.29, 1.82) is 0 Å². The summed E-state index contributed by atoms with van der Waals surface area (Å²) in [7, 11) is 0. The van der Waals surface area contributed by atoms with Crippen LogP contribution in [0, 0.1) is 5.21 Å². The number of benzene rings is 1. The molecule has 2 N–H and O–H groups in total. The Morgan fingerprint density at radius 1 is 1.08 bits per heavy atom. The van der Waals surface area contributed by atoms with Crippen molar-refractivity contribution >= 4 is 0 Å². The highest BCUT2D eigenvalue weighted by Crippen LogP contribution is 2.13. The molecule has 6 heteroatoms. The smallest absolute Gasteiger partial charge is 0.137 e. The molecule has 0 radical (unpaired) electrons. The van der Waals surface area contributed by atoms with E-state index in [-0.39, 0.29) is 30.4 Å². The number of rotatable bonds is 12. The number of aliphatic hydroxyl groups is 1. The highest BCUT2D eigenvalue weighted by Gasteiger charge is 2.12. The largest absolute Gasteiger partial charge is 0.634 e. The molecule has 138 valence electrons. The second-order valence-electron chi connectivity index (χ2n) is 6.41. The maximum Gasteiger partial charge on any atom is 0.137 e. The average Bonchev–Trinajstić information content (AvgIpc) is 2.53. The van der Waals surface area contributed by atoms with Gasteiger partial charge in [-0.1, -0.05) is 12.1 Å². The van der Waals surface area contributed by atoms with E-state index in [4.69, 9.17) is 14.2 Å². The highest BCUT2D eigenvalue weighted by molar-refractivity contribution is 5.26. The molecule has 0 amide bonds. The molecule has 0 aliphatic rings. The molecule has 0 aromatic heterocycles. The van der Waals surface area contributed by atoms with E-state index in [0.717, 1.165) is 5.56 Å². The second-order valence-corrected chi connectivity index (χ2v) is 6.41. The Hall–Kier alpha value is -1.18. The molecule has 1 aromatic carbocycles. The third-order valence-electron chi connectivity index (χ3n) is 3.39. The Morgan fingerprint density at radius 3 is 2.33 bits per heavy atom. The molecule has 2 unspecified atom stereocenters. The number of hydrogen-bond donors (Lipinski definition) is 2. The molecular formula is C18H31NO5. The van der Waals surface area contributed by atoms with Crippen LogP contribution in [-0.4, -0.2) is 49.7 Å². The van der Waals surface area contributed by atoms with Gasteiger partial charge in [-0.05, 0) is 45.4 Å².